The predicted molar refractivity (Wildman–Crippen MR) is 152 cm³/mol. The minimum atomic E-state index is -0.172. The van der Waals surface area contributed by atoms with E-state index in [1.54, 1.807) is 0 Å². The van der Waals surface area contributed by atoms with Crippen molar-refractivity contribution >= 4 is 6.08 Å². The van der Waals surface area contributed by atoms with Crippen molar-refractivity contribution in [1.82, 2.24) is 4.90 Å². The van der Waals surface area contributed by atoms with Crippen LogP contribution in [0.25, 0.3) is 17.2 Å². The first-order valence-corrected chi connectivity index (χ1v) is 13.4. The lowest BCUT2D eigenvalue weighted by Crippen LogP contribution is -2.30. The minimum absolute atomic E-state index is 0.0972. The molecule has 1 heterocycles. The zero-order valence-electron chi connectivity index (χ0n) is 21.9. The highest BCUT2D eigenvalue weighted by Gasteiger charge is 2.43. The molecule has 4 aromatic carbocycles. The second-order valence-corrected chi connectivity index (χ2v) is 9.75. The van der Waals surface area contributed by atoms with Crippen LogP contribution in [0.3, 0.4) is 0 Å². The summed E-state index contributed by atoms with van der Waals surface area (Å²) in [5, 5.41) is 0. The smallest absolute Gasteiger partial charge is 0.161 e. The Bertz CT molecular complexity index is 1390. The third kappa shape index (κ3) is 4.62. The largest absolute Gasteiger partial charge is 0.490 e. The number of hydrogen-bond acceptors (Lipinski definition) is 4. The third-order valence-electron chi connectivity index (χ3n) is 7.31. The van der Waals surface area contributed by atoms with Crippen LogP contribution >= 0.6 is 0 Å². The Labute approximate surface area is 225 Å². The van der Waals surface area contributed by atoms with Gasteiger partial charge in [0.05, 0.1) is 12.6 Å². The third-order valence-corrected chi connectivity index (χ3v) is 7.31. The Morgan fingerprint density at radius 1 is 0.816 bits per heavy atom. The second-order valence-electron chi connectivity index (χ2n) is 9.75. The molecule has 0 aromatic heterocycles. The summed E-state index contributed by atoms with van der Waals surface area (Å²) in [6.45, 7) is 5.79. The zero-order chi connectivity index (χ0) is 25.9. The molecule has 0 amide bonds. The van der Waals surface area contributed by atoms with E-state index in [1.165, 1.54) is 22.3 Å². The van der Waals surface area contributed by atoms with Crippen molar-refractivity contribution in [3.8, 4) is 22.6 Å². The van der Waals surface area contributed by atoms with Crippen LogP contribution in [-0.4, -0.2) is 30.8 Å². The Morgan fingerprint density at radius 2 is 1.50 bits per heavy atom. The topological polar surface area (TPSA) is 30.9 Å². The van der Waals surface area contributed by atoms with Gasteiger partial charge in [-0.15, -0.1) is 0 Å². The molecule has 1 aliphatic carbocycles. The maximum absolute atomic E-state index is 6.75. The highest BCUT2D eigenvalue weighted by molar-refractivity contribution is 5.78. The lowest BCUT2D eigenvalue weighted by atomic mass is 10.0. The number of nitrogens with zero attached hydrogens (tertiary/aromatic N) is 1. The molecule has 0 bridgehead atoms. The van der Waals surface area contributed by atoms with Gasteiger partial charge in [0.1, 0.15) is 18.9 Å². The van der Waals surface area contributed by atoms with Crippen LogP contribution in [0, 0.1) is 0 Å². The number of allylic oxidation sites excluding steroid dienone is 1. The van der Waals surface area contributed by atoms with Gasteiger partial charge in [-0.1, -0.05) is 97.1 Å². The monoisotopic (exact) mass is 503 g/mol. The summed E-state index contributed by atoms with van der Waals surface area (Å²) in [4.78, 5) is 2.49. The molecule has 0 saturated carbocycles. The molecule has 0 N–H and O–H groups in total. The minimum Gasteiger partial charge on any atom is -0.490 e. The Hall–Kier alpha value is -3.86. The molecule has 6 rings (SSSR count). The van der Waals surface area contributed by atoms with Crippen LogP contribution in [0.15, 0.2) is 103 Å². The molecule has 1 fully saturated rings. The summed E-state index contributed by atoms with van der Waals surface area (Å²) in [5.41, 5.74) is 7.52. The number of ether oxygens (including phenoxy) is 3. The molecule has 2 aliphatic rings. The molecule has 4 aromatic rings. The van der Waals surface area contributed by atoms with E-state index >= 15 is 0 Å². The van der Waals surface area contributed by atoms with Crippen molar-refractivity contribution in [2.45, 2.75) is 32.2 Å². The van der Waals surface area contributed by atoms with E-state index in [4.69, 9.17) is 14.2 Å². The molecule has 2 unspecified atom stereocenters. The van der Waals surface area contributed by atoms with Crippen molar-refractivity contribution < 1.29 is 14.2 Å². The summed E-state index contributed by atoms with van der Waals surface area (Å²) in [7, 11) is 0. The lowest BCUT2D eigenvalue weighted by molar-refractivity contribution is -0.0233. The Balaban J connectivity index is 1.31. The maximum Gasteiger partial charge on any atom is 0.161 e. The molecule has 38 heavy (non-hydrogen) atoms. The van der Waals surface area contributed by atoms with Gasteiger partial charge in [-0.25, -0.2) is 0 Å². The number of benzene rings is 4. The van der Waals surface area contributed by atoms with Crippen LogP contribution in [0.1, 0.15) is 48.4 Å². The van der Waals surface area contributed by atoms with Crippen molar-refractivity contribution in [2.75, 3.05) is 19.8 Å². The summed E-state index contributed by atoms with van der Waals surface area (Å²) in [6.07, 6.45) is 3.82. The molecule has 1 aliphatic heterocycles. The van der Waals surface area contributed by atoms with E-state index in [0.717, 1.165) is 29.2 Å². The quantitative estimate of drug-likeness (QED) is 0.247. The van der Waals surface area contributed by atoms with Crippen LogP contribution in [0.5, 0.6) is 11.5 Å². The highest BCUT2D eigenvalue weighted by atomic mass is 16.6. The van der Waals surface area contributed by atoms with Gasteiger partial charge in [-0.3, -0.25) is 4.90 Å². The molecular weight excluding hydrogens is 470 g/mol. The average Bonchev–Trinajstić information content (AvgIpc) is 3.53. The van der Waals surface area contributed by atoms with Crippen LogP contribution in [0.4, 0.5) is 0 Å². The van der Waals surface area contributed by atoms with E-state index in [9.17, 15) is 0 Å². The van der Waals surface area contributed by atoms with E-state index in [0.29, 0.717) is 13.2 Å². The van der Waals surface area contributed by atoms with Crippen molar-refractivity contribution in [1.29, 1.82) is 0 Å². The van der Waals surface area contributed by atoms with E-state index in [2.05, 4.69) is 89.8 Å². The van der Waals surface area contributed by atoms with Crippen molar-refractivity contribution in [3.63, 3.8) is 0 Å². The van der Waals surface area contributed by atoms with E-state index < -0.39 is 0 Å². The van der Waals surface area contributed by atoms with Crippen molar-refractivity contribution in [2.24, 2.45) is 0 Å². The van der Waals surface area contributed by atoms with Gasteiger partial charge in [0.2, 0.25) is 0 Å². The van der Waals surface area contributed by atoms with Gasteiger partial charge in [-0.05, 0) is 59.4 Å². The Morgan fingerprint density at radius 3 is 2.18 bits per heavy atom. The number of fused-ring (bicyclic) bond motifs is 3. The first-order chi connectivity index (χ1) is 18.8. The van der Waals surface area contributed by atoms with E-state index in [1.807, 2.05) is 38.1 Å². The van der Waals surface area contributed by atoms with Gasteiger partial charge in [-0.2, -0.15) is 0 Å². The fourth-order valence-corrected chi connectivity index (χ4v) is 5.73. The molecular formula is C34H33NO3. The van der Waals surface area contributed by atoms with Gasteiger partial charge >= 0.3 is 0 Å². The molecule has 4 nitrogen and oxygen atoms in total. The fourth-order valence-electron chi connectivity index (χ4n) is 5.73. The standard InChI is InChI=1S/C34H33NO3/c1-3-12-24-19-20-31(36-4-2)32(21-24)37-23-26-22-35(34(38-26)25-13-6-5-7-14-25)33-29-17-10-8-15-27(29)28-16-9-11-18-30(28)33/h3,5-21,26,33-34H,4,22-23H2,1-2H3. The molecule has 1 saturated heterocycles. The van der Waals surface area contributed by atoms with Crippen LogP contribution < -0.4 is 9.47 Å². The molecule has 0 radical (unpaired) electrons. The number of hydrogen-bond donors (Lipinski definition) is 0. The molecule has 4 heteroatoms. The first-order valence-electron chi connectivity index (χ1n) is 13.4. The normalized spacial score (nSPS) is 19.0. The van der Waals surface area contributed by atoms with Crippen LogP contribution in [-0.2, 0) is 4.74 Å². The molecule has 2 atom stereocenters. The highest BCUT2D eigenvalue weighted by Crippen LogP contribution is 2.50. The fraction of sp³-hybridized carbons (Fsp3) is 0.235. The number of rotatable bonds is 8. The second kappa shape index (κ2) is 10.9. The predicted octanol–water partition coefficient (Wildman–Crippen LogP) is 7.67. The van der Waals surface area contributed by atoms with Gasteiger partial charge in [0, 0.05) is 6.54 Å². The summed E-state index contributed by atoms with van der Waals surface area (Å²) in [6, 6.07) is 34.2. The van der Waals surface area contributed by atoms with Gasteiger partial charge < -0.3 is 14.2 Å². The van der Waals surface area contributed by atoms with Crippen LogP contribution in [0.2, 0.25) is 0 Å². The Kier molecular flexibility index (Phi) is 7.00. The summed E-state index contributed by atoms with van der Waals surface area (Å²) < 4.78 is 19.0. The van der Waals surface area contributed by atoms with E-state index in [-0.39, 0.29) is 18.4 Å². The molecule has 192 valence electrons. The van der Waals surface area contributed by atoms with Gasteiger partial charge in [0.15, 0.2) is 11.5 Å². The maximum atomic E-state index is 6.75. The first kappa shape index (κ1) is 24.5. The SMILES string of the molecule is CC=Cc1ccc(OCC)c(OCC2CN(C3c4ccccc4-c4ccccc43)C(c3ccccc3)O2)c1. The summed E-state index contributed by atoms with van der Waals surface area (Å²) >= 11 is 0. The zero-order valence-corrected chi connectivity index (χ0v) is 21.9. The average molecular weight is 504 g/mol. The van der Waals surface area contributed by atoms with Crippen molar-refractivity contribution in [3.05, 3.63) is 125 Å². The lowest BCUT2D eigenvalue weighted by Gasteiger charge is -2.30. The summed E-state index contributed by atoms with van der Waals surface area (Å²) in [5.74, 6) is 1.51. The molecule has 0 spiro atoms. The van der Waals surface area contributed by atoms with Gasteiger partial charge in [0.25, 0.3) is 0 Å².